The van der Waals surface area contributed by atoms with Gasteiger partial charge in [0.15, 0.2) is 0 Å². The molecule has 7 heteroatoms. The van der Waals surface area contributed by atoms with Gasteiger partial charge in [-0.3, -0.25) is 9.36 Å². The third-order valence-corrected chi connectivity index (χ3v) is 5.00. The van der Waals surface area contributed by atoms with E-state index in [1.165, 1.54) is 17.7 Å². The lowest BCUT2D eigenvalue weighted by molar-refractivity contribution is 0.296. The summed E-state index contributed by atoms with van der Waals surface area (Å²) in [6.45, 7) is 3.55. The molecule has 1 aromatic heterocycles. The van der Waals surface area contributed by atoms with E-state index in [4.69, 9.17) is 9.47 Å². The Balaban J connectivity index is 1.99. The van der Waals surface area contributed by atoms with Crippen molar-refractivity contribution < 1.29 is 18.3 Å². The summed E-state index contributed by atoms with van der Waals surface area (Å²) >= 11 is 3.28. The van der Waals surface area contributed by atoms with Crippen molar-refractivity contribution >= 4 is 15.9 Å². The number of rotatable bonds is 5. The average molecular weight is 450 g/mol. The quantitative estimate of drug-likeness (QED) is 0.544. The second-order valence-corrected chi connectivity index (χ2v) is 7.10. The van der Waals surface area contributed by atoms with Crippen molar-refractivity contribution in [1.82, 2.24) is 4.57 Å². The fourth-order valence-corrected chi connectivity index (χ4v) is 3.26. The highest BCUT2D eigenvalue weighted by atomic mass is 79.9. The van der Waals surface area contributed by atoms with E-state index in [-0.39, 0.29) is 28.0 Å². The molecule has 0 aliphatic heterocycles. The number of benzene rings is 2. The second kappa shape index (κ2) is 8.14. The minimum Gasteiger partial charge on any atom is -0.495 e. The Morgan fingerprint density at radius 3 is 2.46 bits per heavy atom. The largest absolute Gasteiger partial charge is 0.495 e. The summed E-state index contributed by atoms with van der Waals surface area (Å²) in [5, 5.41) is 0. The molecule has 3 aromatic rings. The van der Waals surface area contributed by atoms with Crippen LogP contribution in [0.4, 0.5) is 8.78 Å². The van der Waals surface area contributed by atoms with E-state index in [9.17, 15) is 13.6 Å². The molecule has 146 valence electrons. The summed E-state index contributed by atoms with van der Waals surface area (Å²) in [7, 11) is 1.54. The molecule has 0 spiro atoms. The topological polar surface area (TPSA) is 40.5 Å². The third-order valence-electron chi connectivity index (χ3n) is 4.27. The van der Waals surface area contributed by atoms with E-state index < -0.39 is 11.6 Å². The van der Waals surface area contributed by atoms with Crippen LogP contribution in [-0.2, 0) is 6.61 Å². The Bertz CT molecular complexity index is 1100. The monoisotopic (exact) mass is 449 g/mol. The lowest BCUT2D eigenvalue weighted by Gasteiger charge is -2.17. The number of pyridine rings is 1. The molecule has 0 amide bonds. The first-order chi connectivity index (χ1) is 13.3. The molecule has 2 aromatic carbocycles. The van der Waals surface area contributed by atoms with Crippen molar-refractivity contribution in [2.75, 3.05) is 7.11 Å². The van der Waals surface area contributed by atoms with Crippen LogP contribution in [0.25, 0.3) is 5.69 Å². The summed E-state index contributed by atoms with van der Waals surface area (Å²) in [4.78, 5) is 13.0. The summed E-state index contributed by atoms with van der Waals surface area (Å²) in [6, 6.07) is 10.5. The number of halogens is 3. The highest BCUT2D eigenvalue weighted by molar-refractivity contribution is 9.10. The molecule has 3 rings (SSSR count). The van der Waals surface area contributed by atoms with Gasteiger partial charge < -0.3 is 9.47 Å². The Kier molecular flexibility index (Phi) is 5.84. The number of aromatic nitrogens is 1. The van der Waals surface area contributed by atoms with Crippen molar-refractivity contribution in [2.45, 2.75) is 20.5 Å². The van der Waals surface area contributed by atoms with Crippen LogP contribution in [0.1, 0.15) is 16.8 Å². The number of nitrogens with zero attached hydrogens (tertiary/aromatic N) is 1. The van der Waals surface area contributed by atoms with Crippen LogP contribution in [-0.4, -0.2) is 11.7 Å². The van der Waals surface area contributed by atoms with Crippen LogP contribution in [0, 0.1) is 25.5 Å². The van der Waals surface area contributed by atoms with Gasteiger partial charge in [-0.25, -0.2) is 8.78 Å². The highest BCUT2D eigenvalue weighted by Crippen LogP contribution is 2.29. The Morgan fingerprint density at radius 2 is 1.79 bits per heavy atom. The van der Waals surface area contributed by atoms with Crippen LogP contribution >= 0.6 is 15.9 Å². The molecular formula is C21H18BrF2NO3. The molecule has 0 aliphatic carbocycles. The molecule has 0 bridgehead atoms. The van der Waals surface area contributed by atoms with Crippen molar-refractivity contribution in [3.8, 4) is 17.2 Å². The van der Waals surface area contributed by atoms with Gasteiger partial charge in [-0.1, -0.05) is 6.07 Å². The Labute approximate surface area is 169 Å². The van der Waals surface area contributed by atoms with E-state index in [1.54, 1.807) is 19.1 Å². The molecule has 28 heavy (non-hydrogen) atoms. The normalized spacial score (nSPS) is 10.8. The molecule has 1 heterocycles. The van der Waals surface area contributed by atoms with Crippen molar-refractivity contribution in [3.05, 3.63) is 85.7 Å². The van der Waals surface area contributed by atoms with Gasteiger partial charge in [-0.2, -0.15) is 0 Å². The zero-order chi connectivity index (χ0) is 20.4. The van der Waals surface area contributed by atoms with Crippen LogP contribution in [0.2, 0.25) is 0 Å². The number of aryl methyl sites for hydroxylation is 2. The zero-order valence-electron chi connectivity index (χ0n) is 15.6. The van der Waals surface area contributed by atoms with Gasteiger partial charge in [-0.05, 0) is 59.6 Å². The predicted octanol–water partition coefficient (Wildman–Crippen LogP) is 5.08. The van der Waals surface area contributed by atoms with Crippen LogP contribution in [0.5, 0.6) is 11.5 Å². The Hall–Kier alpha value is -2.67. The number of methoxy groups -OCH3 is 1. The van der Waals surface area contributed by atoms with Gasteiger partial charge in [0.05, 0.1) is 12.8 Å². The van der Waals surface area contributed by atoms with Crippen LogP contribution in [0.3, 0.4) is 0 Å². The molecule has 0 aliphatic rings. The summed E-state index contributed by atoms with van der Waals surface area (Å²) in [5.41, 5.74) is 2.06. The van der Waals surface area contributed by atoms with Gasteiger partial charge in [0, 0.05) is 23.4 Å². The first-order valence-electron chi connectivity index (χ1n) is 8.45. The first kappa shape index (κ1) is 20.1. The van der Waals surface area contributed by atoms with Gasteiger partial charge in [-0.15, -0.1) is 0 Å². The summed E-state index contributed by atoms with van der Waals surface area (Å²) < 4.78 is 39.6. The molecular weight excluding hydrogens is 432 g/mol. The van der Waals surface area contributed by atoms with Crippen LogP contribution < -0.4 is 15.0 Å². The minimum atomic E-state index is -0.703. The van der Waals surface area contributed by atoms with Gasteiger partial charge >= 0.3 is 0 Å². The van der Waals surface area contributed by atoms with Crippen molar-refractivity contribution in [2.24, 2.45) is 0 Å². The maximum atomic E-state index is 13.8. The average Bonchev–Trinajstić information content (AvgIpc) is 2.65. The smallest absolute Gasteiger partial charge is 0.273 e. The SMILES string of the molecule is COc1ccc(C)cc1-n1c(C)cc(OCc2ccc(F)cc2F)c(Br)c1=O. The van der Waals surface area contributed by atoms with Crippen LogP contribution in [0.15, 0.2) is 51.7 Å². The van der Waals surface area contributed by atoms with E-state index in [0.717, 1.165) is 17.7 Å². The number of hydrogen-bond donors (Lipinski definition) is 0. The van der Waals surface area contributed by atoms with Gasteiger partial charge in [0.25, 0.3) is 5.56 Å². The second-order valence-electron chi connectivity index (χ2n) is 6.30. The lowest BCUT2D eigenvalue weighted by atomic mass is 10.2. The van der Waals surface area contributed by atoms with E-state index in [1.807, 2.05) is 19.1 Å². The molecule has 0 unspecified atom stereocenters. The maximum absolute atomic E-state index is 13.8. The van der Waals surface area contributed by atoms with E-state index in [2.05, 4.69) is 15.9 Å². The maximum Gasteiger partial charge on any atom is 0.273 e. The van der Waals surface area contributed by atoms with Gasteiger partial charge in [0.1, 0.15) is 34.2 Å². The molecule has 0 N–H and O–H groups in total. The summed E-state index contributed by atoms with van der Waals surface area (Å²) in [6.07, 6.45) is 0. The van der Waals surface area contributed by atoms with E-state index in [0.29, 0.717) is 17.1 Å². The molecule has 4 nitrogen and oxygen atoms in total. The highest BCUT2D eigenvalue weighted by Gasteiger charge is 2.17. The van der Waals surface area contributed by atoms with Crippen molar-refractivity contribution in [3.63, 3.8) is 0 Å². The first-order valence-corrected chi connectivity index (χ1v) is 9.25. The zero-order valence-corrected chi connectivity index (χ0v) is 17.1. The predicted molar refractivity (Wildman–Crippen MR) is 106 cm³/mol. The molecule has 0 saturated heterocycles. The fourth-order valence-electron chi connectivity index (χ4n) is 2.85. The van der Waals surface area contributed by atoms with Gasteiger partial charge in [0.2, 0.25) is 0 Å². The minimum absolute atomic E-state index is 0.138. The summed E-state index contributed by atoms with van der Waals surface area (Å²) in [5.74, 6) is -0.530. The van der Waals surface area contributed by atoms with E-state index >= 15 is 0 Å². The number of ether oxygens (including phenoxy) is 2. The third kappa shape index (κ3) is 3.94. The Morgan fingerprint density at radius 1 is 1.04 bits per heavy atom. The standard InChI is InChI=1S/C21H18BrF2NO3/c1-12-4-7-18(27-3)17(8-12)25-13(2)9-19(20(22)21(25)26)28-11-14-5-6-15(23)10-16(14)24/h4-10H,11H2,1-3H3. The molecule has 0 radical (unpaired) electrons. The van der Waals surface area contributed by atoms with Crippen molar-refractivity contribution in [1.29, 1.82) is 0 Å². The molecule has 0 saturated carbocycles. The number of hydrogen-bond acceptors (Lipinski definition) is 3. The molecule has 0 fully saturated rings. The molecule has 0 atom stereocenters. The fraction of sp³-hybridized carbons (Fsp3) is 0.190. The lowest BCUT2D eigenvalue weighted by Crippen LogP contribution is -2.22.